The maximum absolute atomic E-state index is 12.7. The summed E-state index contributed by atoms with van der Waals surface area (Å²) >= 11 is 0. The number of anilines is 6. The van der Waals surface area contributed by atoms with Crippen LogP contribution in [-0.2, 0) is 21.4 Å². The molecule has 2 aliphatic heterocycles. The van der Waals surface area contributed by atoms with Crippen LogP contribution in [0.2, 0.25) is 0 Å². The van der Waals surface area contributed by atoms with E-state index in [1.54, 1.807) is 6.20 Å². The van der Waals surface area contributed by atoms with Gasteiger partial charge in [0.2, 0.25) is 17.8 Å². The Balaban J connectivity index is 0.000000187. The lowest BCUT2D eigenvalue weighted by Gasteiger charge is -2.23. The minimum atomic E-state index is -0.660. The first-order valence-corrected chi connectivity index (χ1v) is 15.7. The molecular formula is C39H33B2N7O2. The van der Waals surface area contributed by atoms with Gasteiger partial charge in [0.15, 0.2) is 0 Å². The quantitative estimate of drug-likeness (QED) is 0.147. The molecule has 6 radical (unpaired) electrons. The molecule has 0 spiro atoms. The lowest BCUT2D eigenvalue weighted by molar-refractivity contribution is -0.120. The van der Waals surface area contributed by atoms with Crippen LogP contribution in [0.3, 0.4) is 0 Å². The number of fused-ring (bicyclic) bond motifs is 6. The number of carbonyl (C=O) groups excluding carboxylic acids is 2. The number of benzene rings is 4. The number of rotatable bonds is 4. The van der Waals surface area contributed by atoms with Gasteiger partial charge >= 0.3 is 0 Å². The van der Waals surface area contributed by atoms with Crippen LogP contribution < -0.4 is 21.3 Å². The molecule has 2 aliphatic rings. The van der Waals surface area contributed by atoms with E-state index in [4.69, 9.17) is 0 Å². The topological polar surface area (TPSA) is 121 Å². The third-order valence-electron chi connectivity index (χ3n) is 8.36. The van der Waals surface area contributed by atoms with Crippen molar-refractivity contribution >= 4 is 63.2 Å². The molecule has 2 aromatic heterocycles. The van der Waals surface area contributed by atoms with E-state index in [1.165, 1.54) is 0 Å². The normalized spacial score (nSPS) is 13.2. The van der Waals surface area contributed by atoms with E-state index in [0.717, 1.165) is 62.1 Å². The predicted molar refractivity (Wildman–Crippen MR) is 202 cm³/mol. The number of amides is 2. The van der Waals surface area contributed by atoms with Crippen molar-refractivity contribution in [1.82, 2.24) is 15.0 Å². The van der Waals surface area contributed by atoms with Crippen molar-refractivity contribution in [3.63, 3.8) is 0 Å². The molecular weight excluding hydrogens is 620 g/mol. The van der Waals surface area contributed by atoms with Crippen molar-refractivity contribution < 1.29 is 9.59 Å². The molecule has 50 heavy (non-hydrogen) atoms. The van der Waals surface area contributed by atoms with Gasteiger partial charge in [-0.15, -0.1) is 0 Å². The van der Waals surface area contributed by atoms with E-state index in [9.17, 15) is 9.59 Å². The molecule has 4 aromatic carbocycles. The predicted octanol–water partition coefficient (Wildman–Crippen LogP) is 7.34. The van der Waals surface area contributed by atoms with Gasteiger partial charge in [0.25, 0.3) is 0 Å². The Morgan fingerprint density at radius 3 is 1.90 bits per heavy atom. The van der Waals surface area contributed by atoms with E-state index in [-0.39, 0.29) is 35.1 Å². The second kappa shape index (κ2) is 14.9. The van der Waals surface area contributed by atoms with E-state index in [1.807, 2.05) is 135 Å². The molecule has 0 saturated carbocycles. The molecule has 0 atom stereocenters. The molecule has 2 amide bonds. The molecule has 0 aliphatic carbocycles. The molecule has 0 unspecified atom stereocenters. The Morgan fingerprint density at radius 1 is 0.640 bits per heavy atom. The molecule has 8 rings (SSSR count). The first-order valence-electron chi connectivity index (χ1n) is 15.7. The van der Waals surface area contributed by atoms with Crippen molar-refractivity contribution in [2.75, 3.05) is 21.3 Å². The van der Waals surface area contributed by atoms with Crippen LogP contribution in [0.5, 0.6) is 0 Å². The third kappa shape index (κ3) is 7.27. The molecule has 4 heterocycles. The fraction of sp³-hybridized carbons (Fsp3) is 0.103. The highest BCUT2D eigenvalue weighted by molar-refractivity contribution is 6.05. The zero-order valence-corrected chi connectivity index (χ0v) is 27.6. The maximum atomic E-state index is 12.7. The number of pyridine rings is 1. The number of hydrogen-bond donors (Lipinski definition) is 4. The second-order valence-corrected chi connectivity index (χ2v) is 12.1. The van der Waals surface area contributed by atoms with Crippen LogP contribution in [0.4, 0.5) is 34.5 Å². The summed E-state index contributed by atoms with van der Waals surface area (Å²) in [4.78, 5) is 38.2. The number of nitrogens with one attached hydrogen (secondary N) is 4. The van der Waals surface area contributed by atoms with Gasteiger partial charge in [0.1, 0.15) is 5.82 Å². The molecule has 9 nitrogen and oxygen atoms in total. The Labute approximate surface area is 295 Å². The van der Waals surface area contributed by atoms with Crippen molar-refractivity contribution in [2.24, 2.45) is 0 Å². The minimum Gasteiger partial charge on any atom is -0.340 e. The van der Waals surface area contributed by atoms with Crippen molar-refractivity contribution in [2.45, 2.75) is 25.7 Å². The molecule has 0 saturated heterocycles. The number of para-hydroxylation sites is 4. The van der Waals surface area contributed by atoms with Crippen LogP contribution in [0.25, 0.3) is 22.4 Å². The number of hydrogen-bond acceptors (Lipinski definition) is 7. The molecule has 6 aromatic rings. The van der Waals surface area contributed by atoms with Gasteiger partial charge < -0.3 is 21.3 Å². The summed E-state index contributed by atoms with van der Waals surface area (Å²) in [6, 6.07) is 37.3. The Hall–Kier alpha value is -6.22. The van der Waals surface area contributed by atoms with Crippen molar-refractivity contribution in [1.29, 1.82) is 0 Å². The van der Waals surface area contributed by atoms with Gasteiger partial charge in [-0.3, -0.25) is 9.59 Å². The van der Waals surface area contributed by atoms with Crippen LogP contribution >= 0.6 is 0 Å². The van der Waals surface area contributed by atoms with E-state index >= 15 is 0 Å². The molecule has 11 heteroatoms. The summed E-state index contributed by atoms with van der Waals surface area (Å²) in [7, 11) is 0. The summed E-state index contributed by atoms with van der Waals surface area (Å²) in [5, 5.41) is 12.5. The Bertz CT molecular complexity index is 2140. The first-order chi connectivity index (χ1) is 23.3. The molecule has 0 fully saturated rings. The lowest BCUT2D eigenvalue weighted by atomic mass is 9.81. The van der Waals surface area contributed by atoms with E-state index in [0.29, 0.717) is 5.95 Å². The van der Waals surface area contributed by atoms with Gasteiger partial charge in [-0.2, -0.15) is 0 Å². The van der Waals surface area contributed by atoms with Gasteiger partial charge in [0.05, 0.1) is 23.2 Å². The van der Waals surface area contributed by atoms with Crippen LogP contribution in [0, 0.1) is 0 Å². The number of nitrogens with zero attached hydrogens (tertiary/aromatic N) is 3. The summed E-state index contributed by atoms with van der Waals surface area (Å²) in [5.41, 5.74) is 8.32. The SMILES string of the molecule is CC1(C)C(=O)Nc2ccccc2-c2cc(Nc3ccccc3)ncc21.O=C1Cc2cnc(Nc3ccccc3)nc2-c2ccccc2N1.[B].[B]. The number of carbonyl (C=O) groups is 2. The van der Waals surface area contributed by atoms with Crippen LogP contribution in [0.1, 0.15) is 25.0 Å². The third-order valence-corrected chi connectivity index (χ3v) is 8.36. The smallest absolute Gasteiger partial charge is 0.234 e. The van der Waals surface area contributed by atoms with E-state index in [2.05, 4.69) is 36.2 Å². The van der Waals surface area contributed by atoms with Gasteiger partial charge in [0, 0.05) is 63.0 Å². The Kier molecular flexibility index (Phi) is 10.5. The number of aromatic nitrogens is 3. The maximum Gasteiger partial charge on any atom is 0.234 e. The van der Waals surface area contributed by atoms with Crippen molar-refractivity contribution in [3.8, 4) is 22.4 Å². The average molecular weight is 653 g/mol. The monoisotopic (exact) mass is 653 g/mol. The fourth-order valence-electron chi connectivity index (χ4n) is 5.79. The zero-order chi connectivity index (χ0) is 33.1. The average Bonchev–Trinajstić information content (AvgIpc) is 3.29. The summed E-state index contributed by atoms with van der Waals surface area (Å²) < 4.78 is 0. The van der Waals surface area contributed by atoms with Gasteiger partial charge in [-0.05, 0) is 67.4 Å². The second-order valence-electron chi connectivity index (χ2n) is 12.1. The fourth-order valence-corrected chi connectivity index (χ4v) is 5.79. The van der Waals surface area contributed by atoms with Gasteiger partial charge in [-0.25, -0.2) is 15.0 Å². The van der Waals surface area contributed by atoms with E-state index < -0.39 is 5.41 Å². The largest absolute Gasteiger partial charge is 0.340 e. The summed E-state index contributed by atoms with van der Waals surface area (Å²) in [5.74, 6) is 1.19. The van der Waals surface area contributed by atoms with Crippen LogP contribution in [-0.4, -0.2) is 43.6 Å². The summed E-state index contributed by atoms with van der Waals surface area (Å²) in [6.45, 7) is 3.86. The Morgan fingerprint density at radius 2 is 1.22 bits per heavy atom. The highest BCUT2D eigenvalue weighted by Gasteiger charge is 2.36. The van der Waals surface area contributed by atoms with Gasteiger partial charge in [-0.1, -0.05) is 72.8 Å². The molecule has 242 valence electrons. The first kappa shape index (κ1) is 35.1. The molecule has 4 N–H and O–H groups in total. The highest BCUT2D eigenvalue weighted by Crippen LogP contribution is 2.41. The molecule has 0 bridgehead atoms. The minimum absolute atomic E-state index is 0. The zero-order valence-electron chi connectivity index (χ0n) is 27.6. The van der Waals surface area contributed by atoms with Crippen molar-refractivity contribution in [3.05, 3.63) is 139 Å². The highest BCUT2D eigenvalue weighted by atomic mass is 16.2. The lowest BCUT2D eigenvalue weighted by Crippen LogP contribution is -2.33. The standard InChI is InChI=1S/C21H19N3O.C18H14N4O.2B/c1-21(2)17-13-22-19(23-14-8-4-3-5-9-14)12-16(17)15-10-6-7-11-18(15)24-20(21)25;23-16-10-12-11-19-18(20-13-6-2-1-3-7-13)22-17(12)14-8-4-5-9-15(14)21-16;;/h3-13H,1-2H3,(H,22,23)(H,24,25);1-9,11H,10H2,(H,21,23)(H,19,20,22);;. The van der Waals surface area contributed by atoms with Crippen LogP contribution in [0.15, 0.2) is 128 Å². The summed E-state index contributed by atoms with van der Waals surface area (Å²) in [6.07, 6.45) is 3.80.